The normalized spacial score (nSPS) is 19.5. The van der Waals surface area contributed by atoms with Gasteiger partial charge in [-0.2, -0.15) is 0 Å². The largest absolute Gasteiger partial charge is 0.477 e. The van der Waals surface area contributed by atoms with Gasteiger partial charge in [0.05, 0.1) is 16.8 Å². The number of hydrogen-bond donors (Lipinski definition) is 2. The van der Waals surface area contributed by atoms with Gasteiger partial charge in [-0.1, -0.05) is 0 Å². The summed E-state index contributed by atoms with van der Waals surface area (Å²) in [7, 11) is 5.43. The predicted molar refractivity (Wildman–Crippen MR) is 152 cm³/mol. The zero-order chi connectivity index (χ0) is 28.7. The highest BCUT2D eigenvalue weighted by atomic mass is 19.2. The van der Waals surface area contributed by atoms with Crippen molar-refractivity contribution in [1.29, 1.82) is 0 Å². The quantitative estimate of drug-likeness (QED) is 0.344. The van der Waals surface area contributed by atoms with E-state index in [-0.39, 0.29) is 16.5 Å². The first kappa shape index (κ1) is 25.6. The molecular formula is C30H28F2N6O3. The Morgan fingerprint density at radius 1 is 1.12 bits per heavy atom. The number of halogens is 2. The summed E-state index contributed by atoms with van der Waals surface area (Å²) in [6.07, 6.45) is 5.99. The standard InChI is InChI=1S/C30H28F2N6O3/c1-33-21-8-20(31)26(32)24-16(21)7-22-25(24)27(38-11-14-4-5-36(2)23(14)13-38)18(10-34-22)15-6-17-28(39)19(30(40)41)12-37(3)29(17)35-9-15/h6,8-10,12,14,23,33H,4-5,7,11,13H2,1-3H3,(H,40,41)/t14-,23?/m1/s1. The van der Waals surface area contributed by atoms with Crippen LogP contribution in [0.1, 0.15) is 28.0 Å². The molecule has 2 saturated heterocycles. The summed E-state index contributed by atoms with van der Waals surface area (Å²) in [5, 5.41) is 12.7. The van der Waals surface area contributed by atoms with Gasteiger partial charge in [0.15, 0.2) is 11.6 Å². The fraction of sp³-hybridized carbons (Fsp3) is 0.333. The Balaban J connectivity index is 1.50. The lowest BCUT2D eigenvalue weighted by molar-refractivity contribution is 0.0695. The molecule has 11 heteroatoms. The summed E-state index contributed by atoms with van der Waals surface area (Å²) in [5.74, 6) is -2.73. The summed E-state index contributed by atoms with van der Waals surface area (Å²) in [6.45, 7) is 2.47. The number of aryl methyl sites for hydroxylation is 1. The lowest BCUT2D eigenvalue weighted by Crippen LogP contribution is -2.32. The number of carboxylic acid groups (broad SMARTS) is 1. The van der Waals surface area contributed by atoms with Crippen LogP contribution in [0.4, 0.5) is 20.2 Å². The van der Waals surface area contributed by atoms with E-state index in [1.54, 1.807) is 32.6 Å². The van der Waals surface area contributed by atoms with Gasteiger partial charge in [0.2, 0.25) is 5.43 Å². The van der Waals surface area contributed by atoms with Crippen LogP contribution in [0.15, 0.2) is 35.5 Å². The molecule has 9 nitrogen and oxygen atoms in total. The average molecular weight is 559 g/mol. The van der Waals surface area contributed by atoms with Crippen molar-refractivity contribution < 1.29 is 18.7 Å². The van der Waals surface area contributed by atoms with Crippen LogP contribution in [-0.4, -0.2) is 70.3 Å². The van der Waals surface area contributed by atoms with Crippen LogP contribution in [0.25, 0.3) is 33.3 Å². The molecule has 3 aromatic heterocycles. The highest BCUT2D eigenvalue weighted by Gasteiger charge is 2.42. The Bertz CT molecular complexity index is 1860. The Morgan fingerprint density at radius 2 is 1.93 bits per heavy atom. The molecule has 2 N–H and O–H groups in total. The maximum Gasteiger partial charge on any atom is 0.341 e. The second-order valence-electron chi connectivity index (χ2n) is 11.2. The highest BCUT2D eigenvalue weighted by Crippen LogP contribution is 2.51. The molecule has 1 aliphatic carbocycles. The molecule has 0 bridgehead atoms. The highest BCUT2D eigenvalue weighted by molar-refractivity contribution is 5.98. The Kier molecular flexibility index (Phi) is 5.66. The van der Waals surface area contributed by atoms with Crippen LogP contribution >= 0.6 is 0 Å². The van der Waals surface area contributed by atoms with E-state index in [0.717, 1.165) is 25.2 Å². The van der Waals surface area contributed by atoms with Gasteiger partial charge in [-0.25, -0.2) is 18.6 Å². The summed E-state index contributed by atoms with van der Waals surface area (Å²) in [5.41, 5.74) is 3.85. The fourth-order valence-corrected chi connectivity index (χ4v) is 6.99. The molecule has 1 unspecified atom stereocenters. The molecule has 210 valence electrons. The molecular weight excluding hydrogens is 530 g/mol. The van der Waals surface area contributed by atoms with Crippen molar-refractivity contribution in [3.05, 3.63) is 69.4 Å². The first-order valence-electron chi connectivity index (χ1n) is 13.6. The number of benzene rings is 1. The van der Waals surface area contributed by atoms with Gasteiger partial charge >= 0.3 is 5.97 Å². The third kappa shape index (κ3) is 3.68. The smallest absolute Gasteiger partial charge is 0.341 e. The lowest BCUT2D eigenvalue weighted by Gasteiger charge is -2.27. The van der Waals surface area contributed by atoms with Gasteiger partial charge in [0, 0.05) is 92.2 Å². The maximum atomic E-state index is 15.6. The topological polar surface area (TPSA) is 104 Å². The molecule has 0 spiro atoms. The number of likely N-dealkylation sites (N-methyl/N-ethyl adjacent to an activating group) is 1. The number of hydrogen-bond acceptors (Lipinski definition) is 7. The van der Waals surface area contributed by atoms with Crippen molar-refractivity contribution in [2.75, 3.05) is 43.9 Å². The van der Waals surface area contributed by atoms with Crippen LogP contribution in [-0.2, 0) is 13.5 Å². The Morgan fingerprint density at radius 3 is 2.66 bits per heavy atom. The molecule has 2 fully saturated rings. The molecule has 41 heavy (non-hydrogen) atoms. The van der Waals surface area contributed by atoms with Gasteiger partial charge < -0.3 is 24.8 Å². The SMILES string of the molecule is CNc1cc(F)c(F)c2c1Cc1ncc(-c3cnc4c(c3)c(=O)c(C(=O)O)cn4C)c(N3CC4[C@H](CCN4C)C3)c1-2. The number of likely N-dealkylation sites (tertiary alicyclic amines) is 1. The third-order valence-electron chi connectivity index (χ3n) is 9.02. The number of nitrogens with one attached hydrogen (secondary N) is 1. The van der Waals surface area contributed by atoms with Gasteiger partial charge in [-0.3, -0.25) is 9.78 Å². The number of anilines is 2. The van der Waals surface area contributed by atoms with E-state index < -0.39 is 23.0 Å². The van der Waals surface area contributed by atoms with E-state index in [1.165, 1.54) is 16.8 Å². The summed E-state index contributed by atoms with van der Waals surface area (Å²) in [4.78, 5) is 38.7. The second-order valence-corrected chi connectivity index (χ2v) is 11.2. The molecule has 3 aliphatic rings. The van der Waals surface area contributed by atoms with Crippen LogP contribution in [0.2, 0.25) is 0 Å². The molecule has 0 saturated carbocycles. The van der Waals surface area contributed by atoms with E-state index in [2.05, 4.69) is 27.1 Å². The molecule has 7 rings (SSSR count). The van der Waals surface area contributed by atoms with E-state index in [4.69, 9.17) is 4.98 Å². The van der Waals surface area contributed by atoms with E-state index in [0.29, 0.717) is 64.2 Å². The van der Waals surface area contributed by atoms with Crippen LogP contribution in [0.3, 0.4) is 0 Å². The number of aromatic carboxylic acids is 1. The lowest BCUT2D eigenvalue weighted by atomic mass is 9.97. The Hall–Kier alpha value is -4.38. The molecule has 2 atom stereocenters. The first-order chi connectivity index (χ1) is 19.7. The van der Waals surface area contributed by atoms with Crippen LogP contribution in [0.5, 0.6) is 0 Å². The fourth-order valence-electron chi connectivity index (χ4n) is 6.99. The summed E-state index contributed by atoms with van der Waals surface area (Å²) in [6, 6.07) is 3.14. The predicted octanol–water partition coefficient (Wildman–Crippen LogP) is 3.73. The van der Waals surface area contributed by atoms with E-state index >= 15 is 4.39 Å². The van der Waals surface area contributed by atoms with Crippen molar-refractivity contribution >= 4 is 28.4 Å². The van der Waals surface area contributed by atoms with E-state index in [1.807, 2.05) is 0 Å². The molecule has 2 aliphatic heterocycles. The molecule has 1 aromatic carbocycles. The molecule has 4 aromatic rings. The minimum absolute atomic E-state index is 0.157. The average Bonchev–Trinajstić information content (AvgIpc) is 3.65. The number of fused-ring (bicyclic) bond motifs is 5. The molecule has 0 amide bonds. The van der Waals surface area contributed by atoms with Crippen molar-refractivity contribution in [3.8, 4) is 22.3 Å². The van der Waals surface area contributed by atoms with Crippen molar-refractivity contribution in [1.82, 2.24) is 19.4 Å². The minimum atomic E-state index is -1.32. The first-order valence-corrected chi connectivity index (χ1v) is 13.6. The third-order valence-corrected chi connectivity index (χ3v) is 9.02. The zero-order valence-corrected chi connectivity index (χ0v) is 22.8. The van der Waals surface area contributed by atoms with Crippen molar-refractivity contribution in [2.24, 2.45) is 13.0 Å². The summed E-state index contributed by atoms with van der Waals surface area (Å²) < 4.78 is 32.1. The Labute approximate surface area is 234 Å². The number of carboxylic acids is 1. The number of rotatable bonds is 4. The maximum absolute atomic E-state index is 15.6. The molecule has 0 radical (unpaired) electrons. The monoisotopic (exact) mass is 558 g/mol. The van der Waals surface area contributed by atoms with E-state index in [9.17, 15) is 19.1 Å². The number of aromatic nitrogens is 3. The van der Waals surface area contributed by atoms with Gasteiger partial charge in [0.1, 0.15) is 11.2 Å². The van der Waals surface area contributed by atoms with Crippen molar-refractivity contribution in [2.45, 2.75) is 18.9 Å². The number of carbonyl (C=O) groups is 1. The van der Waals surface area contributed by atoms with Gasteiger partial charge in [-0.15, -0.1) is 0 Å². The minimum Gasteiger partial charge on any atom is -0.477 e. The zero-order valence-electron chi connectivity index (χ0n) is 22.8. The second kappa shape index (κ2) is 9.07. The van der Waals surface area contributed by atoms with Crippen LogP contribution in [0, 0.1) is 17.6 Å². The van der Waals surface area contributed by atoms with Gasteiger partial charge in [0.25, 0.3) is 0 Å². The molecule has 5 heterocycles. The number of pyridine rings is 3. The summed E-state index contributed by atoms with van der Waals surface area (Å²) >= 11 is 0. The number of nitrogens with zero attached hydrogens (tertiary/aromatic N) is 5. The van der Waals surface area contributed by atoms with Crippen LogP contribution < -0.4 is 15.6 Å². The van der Waals surface area contributed by atoms with Crippen molar-refractivity contribution in [3.63, 3.8) is 0 Å². The van der Waals surface area contributed by atoms with Gasteiger partial charge in [-0.05, 0) is 37.6 Å².